The third kappa shape index (κ3) is 3.10. The summed E-state index contributed by atoms with van der Waals surface area (Å²) in [4.78, 5) is 23.9. The first-order valence-corrected chi connectivity index (χ1v) is 5.90. The van der Waals surface area contributed by atoms with E-state index < -0.39 is 11.8 Å². The average molecular weight is 266 g/mol. The van der Waals surface area contributed by atoms with Crippen molar-refractivity contribution in [3.8, 4) is 10.7 Å². The van der Waals surface area contributed by atoms with Gasteiger partial charge in [0.2, 0.25) is 17.6 Å². The number of thiophene rings is 1. The summed E-state index contributed by atoms with van der Waals surface area (Å²) < 4.78 is 0. The Labute approximate surface area is 106 Å². The summed E-state index contributed by atoms with van der Waals surface area (Å²) in [5, 5.41) is 15.9. The van der Waals surface area contributed by atoms with Gasteiger partial charge in [-0.15, -0.1) is 21.5 Å². The summed E-state index contributed by atoms with van der Waals surface area (Å²) in [5.41, 5.74) is 4.90. The molecule has 94 valence electrons. The quantitative estimate of drug-likeness (QED) is 0.720. The van der Waals surface area contributed by atoms with Crippen LogP contribution in [0, 0.1) is 0 Å². The number of tetrazole rings is 1. The molecule has 9 heteroatoms. The summed E-state index contributed by atoms with van der Waals surface area (Å²) in [6.07, 6.45) is 0. The number of rotatable bonds is 5. The highest BCUT2D eigenvalue weighted by molar-refractivity contribution is 7.13. The van der Waals surface area contributed by atoms with E-state index >= 15 is 0 Å². The Morgan fingerprint density at radius 1 is 1.50 bits per heavy atom. The van der Waals surface area contributed by atoms with Gasteiger partial charge in [-0.25, -0.2) is 0 Å². The van der Waals surface area contributed by atoms with E-state index in [9.17, 15) is 9.59 Å². The molecule has 8 nitrogen and oxygen atoms in total. The van der Waals surface area contributed by atoms with Crippen LogP contribution < -0.4 is 11.1 Å². The molecule has 2 aromatic rings. The minimum absolute atomic E-state index is 0.106. The van der Waals surface area contributed by atoms with Crippen LogP contribution in [0.5, 0.6) is 0 Å². The van der Waals surface area contributed by atoms with Gasteiger partial charge in [-0.1, -0.05) is 6.07 Å². The molecule has 0 bridgehead atoms. The summed E-state index contributed by atoms with van der Waals surface area (Å²) >= 11 is 1.48. The minimum Gasteiger partial charge on any atom is -0.368 e. The number of nitrogens with two attached hydrogens (primary N) is 1. The Morgan fingerprint density at radius 2 is 2.33 bits per heavy atom. The Kier molecular flexibility index (Phi) is 3.63. The van der Waals surface area contributed by atoms with Crippen LogP contribution in [-0.2, 0) is 16.1 Å². The number of carbonyl (C=O) groups is 2. The van der Waals surface area contributed by atoms with E-state index in [0.717, 1.165) is 9.67 Å². The number of nitrogens with one attached hydrogen (secondary N) is 1. The van der Waals surface area contributed by atoms with E-state index in [4.69, 9.17) is 5.73 Å². The Bertz CT molecular complexity index is 549. The maximum Gasteiger partial charge on any atom is 0.244 e. The number of hydrogen-bond acceptors (Lipinski definition) is 6. The molecular formula is C9H10N6O2S. The van der Waals surface area contributed by atoms with Crippen LogP contribution in [0.4, 0.5) is 0 Å². The van der Waals surface area contributed by atoms with Crippen molar-refractivity contribution in [2.24, 2.45) is 5.73 Å². The molecule has 0 aliphatic heterocycles. The normalized spacial score (nSPS) is 10.2. The highest BCUT2D eigenvalue weighted by Gasteiger charge is 2.09. The largest absolute Gasteiger partial charge is 0.368 e. The van der Waals surface area contributed by atoms with Crippen LogP contribution in [0.2, 0.25) is 0 Å². The lowest BCUT2D eigenvalue weighted by atomic mass is 10.5. The fraction of sp³-hybridized carbons (Fsp3) is 0.222. The molecule has 0 aromatic carbocycles. The summed E-state index contributed by atoms with van der Waals surface area (Å²) in [7, 11) is 0. The predicted octanol–water partition coefficient (Wildman–Crippen LogP) is -0.997. The zero-order chi connectivity index (χ0) is 13.0. The first kappa shape index (κ1) is 12.2. The van der Waals surface area contributed by atoms with E-state index in [2.05, 4.69) is 20.7 Å². The second kappa shape index (κ2) is 5.36. The van der Waals surface area contributed by atoms with E-state index in [-0.39, 0.29) is 13.1 Å². The fourth-order valence-corrected chi connectivity index (χ4v) is 1.83. The standard InChI is InChI=1S/C9H10N6O2S/c10-7(16)4-11-8(17)5-15-13-9(12-14-15)6-2-1-3-18-6/h1-3H,4-5H2,(H2,10,16)(H,11,17). The number of aromatic nitrogens is 4. The van der Waals surface area contributed by atoms with Gasteiger partial charge in [0.15, 0.2) is 0 Å². The van der Waals surface area contributed by atoms with Gasteiger partial charge in [-0.05, 0) is 16.7 Å². The number of carbonyl (C=O) groups excluding carboxylic acids is 2. The number of primary amides is 1. The van der Waals surface area contributed by atoms with Gasteiger partial charge in [0.05, 0.1) is 11.4 Å². The third-order valence-electron chi connectivity index (χ3n) is 1.94. The van der Waals surface area contributed by atoms with Crippen molar-refractivity contribution in [2.75, 3.05) is 6.54 Å². The predicted molar refractivity (Wildman–Crippen MR) is 63.3 cm³/mol. The minimum atomic E-state index is -0.603. The molecule has 0 fully saturated rings. The van der Waals surface area contributed by atoms with E-state index in [1.165, 1.54) is 11.3 Å². The lowest BCUT2D eigenvalue weighted by molar-refractivity contribution is -0.125. The second-order valence-electron chi connectivity index (χ2n) is 3.36. The van der Waals surface area contributed by atoms with Crippen LogP contribution in [0.15, 0.2) is 17.5 Å². The molecule has 0 aliphatic carbocycles. The molecule has 2 aromatic heterocycles. The highest BCUT2D eigenvalue weighted by Crippen LogP contribution is 2.19. The molecule has 3 N–H and O–H groups in total. The second-order valence-corrected chi connectivity index (χ2v) is 4.31. The maximum atomic E-state index is 11.4. The summed E-state index contributed by atoms with van der Waals surface area (Å²) in [6, 6.07) is 3.74. The number of hydrogen-bond donors (Lipinski definition) is 2. The van der Waals surface area contributed by atoms with Crippen molar-refractivity contribution < 1.29 is 9.59 Å². The van der Waals surface area contributed by atoms with E-state index in [1.807, 2.05) is 17.5 Å². The number of amides is 2. The van der Waals surface area contributed by atoms with Gasteiger partial charge < -0.3 is 11.1 Å². The van der Waals surface area contributed by atoms with E-state index in [1.54, 1.807) is 0 Å². The molecule has 0 saturated heterocycles. The molecular weight excluding hydrogens is 256 g/mol. The SMILES string of the molecule is NC(=O)CNC(=O)Cn1nnc(-c2cccs2)n1. The summed E-state index contributed by atoms with van der Waals surface area (Å²) in [6.45, 7) is -0.309. The number of nitrogens with zero attached hydrogens (tertiary/aromatic N) is 4. The molecule has 0 unspecified atom stereocenters. The molecule has 0 spiro atoms. The van der Waals surface area contributed by atoms with Crippen molar-refractivity contribution in [3.63, 3.8) is 0 Å². The smallest absolute Gasteiger partial charge is 0.244 e. The third-order valence-corrected chi connectivity index (χ3v) is 2.81. The molecule has 2 amide bonds. The van der Waals surface area contributed by atoms with Gasteiger partial charge >= 0.3 is 0 Å². The molecule has 18 heavy (non-hydrogen) atoms. The first-order chi connectivity index (χ1) is 8.65. The average Bonchev–Trinajstić information content (AvgIpc) is 2.95. The van der Waals surface area contributed by atoms with Crippen LogP contribution in [0.25, 0.3) is 10.7 Å². The molecule has 0 atom stereocenters. The highest BCUT2D eigenvalue weighted by atomic mass is 32.1. The monoisotopic (exact) mass is 266 g/mol. The molecule has 2 rings (SSSR count). The van der Waals surface area contributed by atoms with Crippen LogP contribution in [-0.4, -0.2) is 38.6 Å². The van der Waals surface area contributed by atoms with Gasteiger partial charge in [0.25, 0.3) is 0 Å². The van der Waals surface area contributed by atoms with Crippen LogP contribution in [0.3, 0.4) is 0 Å². The van der Waals surface area contributed by atoms with Crippen molar-refractivity contribution in [1.82, 2.24) is 25.5 Å². The fourth-order valence-electron chi connectivity index (χ4n) is 1.18. The van der Waals surface area contributed by atoms with Crippen LogP contribution in [0.1, 0.15) is 0 Å². The van der Waals surface area contributed by atoms with Crippen molar-refractivity contribution in [2.45, 2.75) is 6.54 Å². The van der Waals surface area contributed by atoms with Crippen molar-refractivity contribution in [1.29, 1.82) is 0 Å². The van der Waals surface area contributed by atoms with Gasteiger partial charge in [-0.3, -0.25) is 9.59 Å². The zero-order valence-corrected chi connectivity index (χ0v) is 10.1. The molecule has 0 aliphatic rings. The Balaban J connectivity index is 1.95. The molecule has 0 saturated carbocycles. The van der Waals surface area contributed by atoms with Crippen molar-refractivity contribution >= 4 is 23.2 Å². The summed E-state index contributed by atoms with van der Waals surface area (Å²) in [5.74, 6) is -0.536. The Hall–Kier alpha value is -2.29. The molecule has 2 heterocycles. The van der Waals surface area contributed by atoms with Crippen molar-refractivity contribution in [3.05, 3.63) is 17.5 Å². The topological polar surface area (TPSA) is 116 Å². The lowest BCUT2D eigenvalue weighted by Crippen LogP contribution is -2.35. The zero-order valence-electron chi connectivity index (χ0n) is 9.24. The van der Waals surface area contributed by atoms with Crippen LogP contribution >= 0.6 is 11.3 Å². The van der Waals surface area contributed by atoms with Gasteiger partial charge in [0.1, 0.15) is 6.54 Å². The Morgan fingerprint density at radius 3 is 3.00 bits per heavy atom. The lowest BCUT2D eigenvalue weighted by Gasteiger charge is -2.00. The molecule has 0 radical (unpaired) electrons. The van der Waals surface area contributed by atoms with E-state index in [0.29, 0.717) is 5.82 Å². The first-order valence-electron chi connectivity index (χ1n) is 5.02. The van der Waals surface area contributed by atoms with Gasteiger partial charge in [-0.2, -0.15) is 4.80 Å². The maximum absolute atomic E-state index is 11.4. The van der Waals surface area contributed by atoms with Gasteiger partial charge in [0, 0.05) is 0 Å².